The van der Waals surface area contributed by atoms with E-state index in [2.05, 4.69) is 9.28 Å². The predicted molar refractivity (Wildman–Crippen MR) is 43.3 cm³/mol. The van der Waals surface area contributed by atoms with Crippen molar-refractivity contribution in [3.63, 3.8) is 0 Å². The van der Waals surface area contributed by atoms with Crippen LogP contribution in [0.3, 0.4) is 0 Å². The molecule has 0 fully saturated rings. The Morgan fingerprint density at radius 3 is 2.75 bits per heavy atom. The van der Waals surface area contributed by atoms with Crippen molar-refractivity contribution in [2.75, 3.05) is 5.75 Å². The topological polar surface area (TPSA) is 61.2 Å². The lowest BCUT2D eigenvalue weighted by molar-refractivity contribution is 0.487. The maximum Gasteiger partial charge on any atom is 0.309 e. The molecule has 0 saturated carbocycles. The van der Waals surface area contributed by atoms with Gasteiger partial charge in [-0.15, -0.1) is 0 Å². The monoisotopic (exact) mass is 190 g/mol. The first-order valence-corrected chi connectivity index (χ1v) is 5.02. The summed E-state index contributed by atoms with van der Waals surface area (Å²) in [6.07, 6.45) is 2.85. The second-order valence-electron chi connectivity index (χ2n) is 2.28. The molecule has 1 aromatic heterocycles. The summed E-state index contributed by atoms with van der Waals surface area (Å²) >= 11 is 0. The fourth-order valence-corrected chi connectivity index (χ4v) is 1.14. The van der Waals surface area contributed by atoms with E-state index >= 15 is 0 Å². The van der Waals surface area contributed by atoms with E-state index in [1.807, 2.05) is 0 Å². The smallest absolute Gasteiger partial charge is 0.309 e. The molecule has 0 aliphatic rings. The summed E-state index contributed by atoms with van der Waals surface area (Å²) in [7, 11) is -1.73. The van der Waals surface area contributed by atoms with Crippen LogP contribution < -0.4 is 4.18 Å². The van der Waals surface area contributed by atoms with E-state index in [1.54, 1.807) is 7.05 Å². The van der Waals surface area contributed by atoms with Crippen LogP contribution in [-0.2, 0) is 17.2 Å². The van der Waals surface area contributed by atoms with Gasteiger partial charge in [0.05, 0.1) is 18.1 Å². The van der Waals surface area contributed by atoms with Gasteiger partial charge in [-0.25, -0.2) is 0 Å². The van der Waals surface area contributed by atoms with Crippen molar-refractivity contribution >= 4 is 10.1 Å². The molecule has 1 aromatic rings. The zero-order chi connectivity index (χ0) is 9.19. The molecule has 0 aliphatic heterocycles. The van der Waals surface area contributed by atoms with Gasteiger partial charge in [0, 0.05) is 7.05 Å². The largest absolute Gasteiger partial charge is 0.379 e. The first kappa shape index (κ1) is 9.05. The minimum Gasteiger partial charge on any atom is -0.379 e. The Hall–Kier alpha value is -1.04. The average molecular weight is 190 g/mol. The first-order chi connectivity index (χ1) is 5.53. The zero-order valence-corrected chi connectivity index (χ0v) is 7.71. The van der Waals surface area contributed by atoms with E-state index < -0.39 is 10.1 Å². The minimum absolute atomic E-state index is 0.0398. The summed E-state index contributed by atoms with van der Waals surface area (Å²) in [6.45, 7) is 1.52. The molecule has 68 valence electrons. The van der Waals surface area contributed by atoms with E-state index in [4.69, 9.17) is 0 Å². The Morgan fingerprint density at radius 1 is 1.67 bits per heavy atom. The van der Waals surface area contributed by atoms with Gasteiger partial charge in [-0.05, 0) is 6.92 Å². The van der Waals surface area contributed by atoms with Gasteiger partial charge in [0.2, 0.25) is 0 Å². The molecule has 0 saturated heterocycles. The minimum atomic E-state index is -3.41. The molecule has 0 aromatic carbocycles. The SMILES string of the molecule is CCS(=O)(=O)Oc1cnn(C)c1. The normalized spacial score (nSPS) is 11.5. The first-order valence-electron chi connectivity index (χ1n) is 3.44. The van der Waals surface area contributed by atoms with Crippen LogP contribution in [-0.4, -0.2) is 24.0 Å². The third-order valence-electron chi connectivity index (χ3n) is 1.26. The standard InChI is InChI=1S/C6H10N2O3S/c1-3-12(9,10)11-6-4-7-8(2)5-6/h4-5H,3H2,1-2H3. The summed E-state index contributed by atoms with van der Waals surface area (Å²) in [6, 6.07) is 0. The summed E-state index contributed by atoms with van der Waals surface area (Å²) in [5.74, 6) is 0.210. The quantitative estimate of drug-likeness (QED) is 0.636. The molecule has 6 heteroatoms. The predicted octanol–water partition coefficient (Wildman–Crippen LogP) is 0.149. The second kappa shape index (κ2) is 3.14. The van der Waals surface area contributed by atoms with Crippen molar-refractivity contribution in [3.8, 4) is 5.75 Å². The lowest BCUT2D eigenvalue weighted by Crippen LogP contribution is -2.10. The van der Waals surface area contributed by atoms with Gasteiger partial charge in [-0.2, -0.15) is 13.5 Å². The van der Waals surface area contributed by atoms with Gasteiger partial charge < -0.3 is 4.18 Å². The van der Waals surface area contributed by atoms with E-state index in [-0.39, 0.29) is 11.5 Å². The fraction of sp³-hybridized carbons (Fsp3) is 0.500. The molecule has 0 N–H and O–H groups in total. The van der Waals surface area contributed by atoms with Gasteiger partial charge >= 0.3 is 10.1 Å². The molecule has 1 heterocycles. The molecule has 0 bridgehead atoms. The number of hydrogen-bond donors (Lipinski definition) is 0. The van der Waals surface area contributed by atoms with Crippen LogP contribution in [0.4, 0.5) is 0 Å². The van der Waals surface area contributed by atoms with Crippen LogP contribution >= 0.6 is 0 Å². The van der Waals surface area contributed by atoms with Gasteiger partial charge in [0.15, 0.2) is 5.75 Å². The third kappa shape index (κ3) is 2.23. The maximum atomic E-state index is 10.9. The summed E-state index contributed by atoms with van der Waals surface area (Å²) in [4.78, 5) is 0. The van der Waals surface area contributed by atoms with Gasteiger partial charge in [-0.1, -0.05) is 0 Å². The Kier molecular flexibility index (Phi) is 2.37. The molecule has 1 rings (SSSR count). The van der Waals surface area contributed by atoms with Crippen LogP contribution in [0.5, 0.6) is 5.75 Å². The average Bonchev–Trinajstić information content (AvgIpc) is 2.35. The summed E-state index contributed by atoms with van der Waals surface area (Å²) in [5, 5.41) is 3.76. The fourth-order valence-electron chi connectivity index (χ4n) is 0.647. The van der Waals surface area contributed by atoms with E-state index in [0.29, 0.717) is 0 Å². The molecule has 0 aliphatic carbocycles. The molecule has 0 atom stereocenters. The van der Waals surface area contributed by atoms with E-state index in [1.165, 1.54) is 24.0 Å². The molecule has 0 spiro atoms. The lowest BCUT2D eigenvalue weighted by atomic mass is 10.7. The highest BCUT2D eigenvalue weighted by Gasteiger charge is 2.09. The third-order valence-corrected chi connectivity index (χ3v) is 2.41. The zero-order valence-electron chi connectivity index (χ0n) is 6.89. The van der Waals surface area contributed by atoms with Crippen molar-refractivity contribution in [2.24, 2.45) is 7.05 Å². The molecular formula is C6H10N2O3S. The van der Waals surface area contributed by atoms with Crippen LogP contribution in [0.2, 0.25) is 0 Å². The number of hydrogen-bond acceptors (Lipinski definition) is 4. The molecule has 12 heavy (non-hydrogen) atoms. The van der Waals surface area contributed by atoms with Crippen molar-refractivity contribution in [1.29, 1.82) is 0 Å². The number of rotatable bonds is 3. The number of aryl methyl sites for hydroxylation is 1. The van der Waals surface area contributed by atoms with Crippen LogP contribution in [0, 0.1) is 0 Å². The number of nitrogens with zero attached hydrogens (tertiary/aromatic N) is 2. The molecular weight excluding hydrogens is 180 g/mol. The maximum absolute atomic E-state index is 10.9. The molecule has 5 nitrogen and oxygen atoms in total. The molecule has 0 amide bonds. The Morgan fingerprint density at radius 2 is 2.33 bits per heavy atom. The second-order valence-corrected chi connectivity index (χ2v) is 4.14. The lowest BCUT2D eigenvalue weighted by Gasteiger charge is -1.99. The van der Waals surface area contributed by atoms with E-state index in [0.717, 1.165) is 0 Å². The number of aromatic nitrogens is 2. The highest BCUT2D eigenvalue weighted by molar-refractivity contribution is 7.87. The molecule has 0 radical (unpaired) electrons. The Bertz CT molecular complexity index is 355. The van der Waals surface area contributed by atoms with Gasteiger partial charge in [0.25, 0.3) is 0 Å². The summed E-state index contributed by atoms with van der Waals surface area (Å²) < 4.78 is 28.0. The van der Waals surface area contributed by atoms with Crippen molar-refractivity contribution in [2.45, 2.75) is 6.92 Å². The van der Waals surface area contributed by atoms with Crippen LogP contribution in [0.15, 0.2) is 12.4 Å². The van der Waals surface area contributed by atoms with E-state index in [9.17, 15) is 8.42 Å². The molecule has 0 unspecified atom stereocenters. The van der Waals surface area contributed by atoms with Crippen molar-refractivity contribution in [3.05, 3.63) is 12.4 Å². The Labute approximate surface area is 71.1 Å². The highest BCUT2D eigenvalue weighted by atomic mass is 32.2. The van der Waals surface area contributed by atoms with Crippen molar-refractivity contribution in [1.82, 2.24) is 9.78 Å². The van der Waals surface area contributed by atoms with Gasteiger partial charge in [-0.3, -0.25) is 4.68 Å². The summed E-state index contributed by atoms with van der Waals surface area (Å²) in [5.41, 5.74) is 0. The van der Waals surface area contributed by atoms with Crippen molar-refractivity contribution < 1.29 is 12.6 Å². The van der Waals surface area contributed by atoms with Crippen LogP contribution in [0.1, 0.15) is 6.92 Å². The Balaban J connectivity index is 2.77. The van der Waals surface area contributed by atoms with Gasteiger partial charge in [0.1, 0.15) is 0 Å². The highest BCUT2D eigenvalue weighted by Crippen LogP contribution is 2.10. The van der Waals surface area contributed by atoms with Crippen LogP contribution in [0.25, 0.3) is 0 Å².